The molecule has 0 N–H and O–H groups in total. The summed E-state index contributed by atoms with van der Waals surface area (Å²) in [7, 11) is 0. The van der Waals surface area contributed by atoms with Crippen LogP contribution in [0.3, 0.4) is 0 Å². The van der Waals surface area contributed by atoms with Gasteiger partial charge in [0.2, 0.25) is 0 Å². The fourth-order valence-electron chi connectivity index (χ4n) is 2.43. The minimum Gasteiger partial charge on any atom is -0.272 e. The van der Waals surface area contributed by atoms with Gasteiger partial charge in [-0.1, -0.05) is 48.0 Å². The largest absolute Gasteiger partial charge is 0.272 e. The number of rotatable bonds is 5. The molecule has 0 radical (unpaired) electrons. The van der Waals surface area contributed by atoms with Crippen LogP contribution in [0.25, 0.3) is 0 Å². The number of hydrogen-bond acceptors (Lipinski definition) is 3. The van der Waals surface area contributed by atoms with Gasteiger partial charge in [0.1, 0.15) is 5.82 Å². The molecule has 0 bridgehead atoms. The molecule has 0 spiro atoms. The molecule has 0 unspecified atom stereocenters. The molecule has 1 amide bonds. The molecular formula is C18H16ClFN2OS. The number of nitrogens with zero attached hydrogens (tertiary/aromatic N) is 2. The second-order valence-electron chi connectivity index (χ2n) is 5.41. The summed E-state index contributed by atoms with van der Waals surface area (Å²) in [6.07, 6.45) is 0.768. The lowest BCUT2D eigenvalue weighted by Crippen LogP contribution is -2.25. The second-order valence-corrected chi connectivity index (χ2v) is 6.80. The number of halogens is 2. The third-order valence-electron chi connectivity index (χ3n) is 3.69. The summed E-state index contributed by atoms with van der Waals surface area (Å²) in [5.41, 5.74) is 2.82. The monoisotopic (exact) mass is 362 g/mol. The van der Waals surface area contributed by atoms with Crippen LogP contribution in [0.15, 0.2) is 53.6 Å². The summed E-state index contributed by atoms with van der Waals surface area (Å²) in [5.74, 6) is 0.501. The molecule has 2 aromatic carbocycles. The fourth-order valence-corrected chi connectivity index (χ4v) is 3.64. The number of hydrogen-bond donors (Lipinski definition) is 0. The van der Waals surface area contributed by atoms with Crippen molar-refractivity contribution in [1.29, 1.82) is 0 Å². The van der Waals surface area contributed by atoms with Crippen LogP contribution >= 0.6 is 23.4 Å². The number of carbonyl (C=O) groups is 1. The highest BCUT2D eigenvalue weighted by atomic mass is 35.5. The van der Waals surface area contributed by atoms with Crippen molar-refractivity contribution in [1.82, 2.24) is 5.01 Å². The summed E-state index contributed by atoms with van der Waals surface area (Å²) in [6.45, 7) is 0.612. The maximum absolute atomic E-state index is 13.0. The van der Waals surface area contributed by atoms with Crippen LogP contribution in [0, 0.1) is 5.82 Å². The van der Waals surface area contributed by atoms with Gasteiger partial charge in [-0.3, -0.25) is 4.79 Å². The van der Waals surface area contributed by atoms with E-state index in [1.54, 1.807) is 6.07 Å². The quantitative estimate of drug-likeness (QED) is 0.792. The average molecular weight is 363 g/mol. The molecule has 0 fully saturated rings. The maximum atomic E-state index is 13.0. The first kappa shape index (κ1) is 17.0. The molecule has 3 rings (SSSR count). The number of benzene rings is 2. The van der Waals surface area contributed by atoms with E-state index < -0.39 is 0 Å². The minimum absolute atomic E-state index is 0.0239. The van der Waals surface area contributed by atoms with E-state index in [-0.39, 0.29) is 11.7 Å². The number of carbonyl (C=O) groups excluding carboxylic acids is 1. The smallest absolute Gasteiger partial charge is 0.252 e. The standard InChI is InChI=1S/C18H16ClFN2OS/c19-16-10-15(20)7-6-14(16)11-24-12-18(23)22-9-8-17(21-22)13-4-2-1-3-5-13/h1-7,10H,8-9,11-12H2. The lowest BCUT2D eigenvalue weighted by molar-refractivity contribution is -0.127. The highest BCUT2D eigenvalue weighted by molar-refractivity contribution is 7.99. The van der Waals surface area contributed by atoms with Crippen LogP contribution < -0.4 is 0 Å². The van der Waals surface area contributed by atoms with E-state index >= 15 is 0 Å². The Labute approximate surface area is 149 Å². The Morgan fingerprint density at radius 3 is 2.79 bits per heavy atom. The third-order valence-corrected chi connectivity index (χ3v) is 5.01. The van der Waals surface area contributed by atoms with Crippen molar-refractivity contribution in [2.45, 2.75) is 12.2 Å². The Morgan fingerprint density at radius 1 is 1.25 bits per heavy atom. The molecule has 0 saturated carbocycles. The van der Waals surface area contributed by atoms with E-state index in [9.17, 15) is 9.18 Å². The van der Waals surface area contributed by atoms with Gasteiger partial charge in [0.15, 0.2) is 0 Å². The summed E-state index contributed by atoms with van der Waals surface area (Å²) >= 11 is 7.44. The second kappa shape index (κ2) is 7.81. The van der Waals surface area contributed by atoms with E-state index in [1.165, 1.54) is 28.9 Å². The van der Waals surface area contributed by atoms with Crippen molar-refractivity contribution in [3.8, 4) is 0 Å². The van der Waals surface area contributed by atoms with Crippen molar-refractivity contribution in [3.63, 3.8) is 0 Å². The van der Waals surface area contributed by atoms with E-state index in [2.05, 4.69) is 5.10 Å². The zero-order valence-electron chi connectivity index (χ0n) is 12.9. The number of thioether (sulfide) groups is 1. The summed E-state index contributed by atoms with van der Waals surface area (Å²) in [5, 5.41) is 6.34. The summed E-state index contributed by atoms with van der Waals surface area (Å²) in [4.78, 5) is 12.3. The van der Waals surface area contributed by atoms with Crippen molar-refractivity contribution in [2.75, 3.05) is 12.3 Å². The predicted molar refractivity (Wildman–Crippen MR) is 96.9 cm³/mol. The van der Waals surface area contributed by atoms with Gasteiger partial charge in [-0.2, -0.15) is 5.10 Å². The highest BCUT2D eigenvalue weighted by Crippen LogP contribution is 2.23. The van der Waals surface area contributed by atoms with Gasteiger partial charge in [-0.15, -0.1) is 11.8 Å². The molecule has 1 aliphatic rings. The Kier molecular flexibility index (Phi) is 5.53. The lowest BCUT2D eigenvalue weighted by Gasteiger charge is -2.11. The van der Waals surface area contributed by atoms with Crippen molar-refractivity contribution < 1.29 is 9.18 Å². The molecule has 124 valence electrons. The van der Waals surface area contributed by atoms with Crippen LogP contribution in [-0.4, -0.2) is 28.9 Å². The van der Waals surface area contributed by atoms with Gasteiger partial charge in [0.05, 0.1) is 18.0 Å². The fraction of sp³-hybridized carbons (Fsp3) is 0.222. The zero-order chi connectivity index (χ0) is 16.9. The molecule has 1 aliphatic heterocycles. The normalized spacial score (nSPS) is 13.9. The first-order valence-corrected chi connectivity index (χ1v) is 9.11. The third kappa shape index (κ3) is 4.16. The topological polar surface area (TPSA) is 32.7 Å². The SMILES string of the molecule is O=C(CSCc1ccc(F)cc1Cl)N1CCC(c2ccccc2)=N1. The van der Waals surface area contributed by atoms with Crippen LogP contribution in [0.1, 0.15) is 17.5 Å². The molecule has 6 heteroatoms. The zero-order valence-corrected chi connectivity index (χ0v) is 14.5. The minimum atomic E-state index is -0.357. The molecule has 0 atom stereocenters. The van der Waals surface area contributed by atoms with E-state index in [1.807, 2.05) is 30.3 Å². The van der Waals surface area contributed by atoms with E-state index in [0.717, 1.165) is 23.3 Å². The molecule has 0 aromatic heterocycles. The molecule has 2 aromatic rings. The molecular weight excluding hydrogens is 347 g/mol. The Morgan fingerprint density at radius 2 is 2.04 bits per heavy atom. The predicted octanol–water partition coefficient (Wildman–Crippen LogP) is 4.35. The van der Waals surface area contributed by atoms with E-state index in [0.29, 0.717) is 23.1 Å². The van der Waals surface area contributed by atoms with Gasteiger partial charge in [-0.25, -0.2) is 9.40 Å². The van der Waals surface area contributed by atoms with E-state index in [4.69, 9.17) is 11.6 Å². The molecule has 1 heterocycles. The van der Waals surface area contributed by atoms with Crippen LogP contribution in [0.4, 0.5) is 4.39 Å². The van der Waals surface area contributed by atoms with Crippen molar-refractivity contribution >= 4 is 35.0 Å². The summed E-state index contributed by atoms with van der Waals surface area (Å²) < 4.78 is 13.0. The Balaban J connectivity index is 1.53. The van der Waals surface area contributed by atoms with Gasteiger partial charge in [0, 0.05) is 17.2 Å². The number of amides is 1. The molecule has 0 saturated heterocycles. The highest BCUT2D eigenvalue weighted by Gasteiger charge is 2.21. The first-order chi connectivity index (χ1) is 11.6. The Bertz CT molecular complexity index is 767. The van der Waals surface area contributed by atoms with Gasteiger partial charge in [0.25, 0.3) is 5.91 Å². The molecule has 24 heavy (non-hydrogen) atoms. The lowest BCUT2D eigenvalue weighted by atomic mass is 10.1. The van der Waals surface area contributed by atoms with Crippen LogP contribution in [-0.2, 0) is 10.5 Å². The average Bonchev–Trinajstić information content (AvgIpc) is 3.08. The maximum Gasteiger partial charge on any atom is 0.252 e. The van der Waals surface area contributed by atoms with Gasteiger partial charge < -0.3 is 0 Å². The number of hydrazone groups is 1. The molecule has 3 nitrogen and oxygen atoms in total. The van der Waals surface area contributed by atoms with Crippen molar-refractivity contribution in [2.24, 2.45) is 5.10 Å². The van der Waals surface area contributed by atoms with Crippen molar-refractivity contribution in [3.05, 3.63) is 70.5 Å². The Hall–Kier alpha value is -1.85. The summed E-state index contributed by atoms with van der Waals surface area (Å²) in [6, 6.07) is 14.2. The molecule has 0 aliphatic carbocycles. The van der Waals surface area contributed by atoms with Crippen LogP contribution in [0.5, 0.6) is 0 Å². The first-order valence-electron chi connectivity index (χ1n) is 7.58. The van der Waals surface area contributed by atoms with Gasteiger partial charge >= 0.3 is 0 Å². The van der Waals surface area contributed by atoms with Gasteiger partial charge in [-0.05, 0) is 23.3 Å². The van der Waals surface area contributed by atoms with Crippen LogP contribution in [0.2, 0.25) is 5.02 Å².